The number of aromatic nitrogens is 2. The third kappa shape index (κ3) is 3.67. The molecule has 38 heavy (non-hydrogen) atoms. The standard InChI is InChI=1S/C33H46N4O/c1-20(2)25-15-34-32(35-16-25)37-17-21(3)31-30(37)12-11-28-22(4)36(18-23-9-10-23)19-26-13-24-7-6-8-27(38-5)14-29(24)33(26,28)31/h6-7,14-16,20-23,26,28,30-31H,8-13,17-19H2,1-5H3/t21-,22?,26?,28?,30?,31?,33?/m0/s1. The first-order valence-electron chi connectivity index (χ1n) is 15.4. The maximum Gasteiger partial charge on any atom is 0.225 e. The predicted molar refractivity (Wildman–Crippen MR) is 153 cm³/mol. The van der Waals surface area contributed by atoms with Gasteiger partial charge in [0.2, 0.25) is 5.95 Å². The Kier molecular flexibility index (Phi) is 6.03. The molecule has 2 aliphatic heterocycles. The fourth-order valence-corrected chi connectivity index (χ4v) is 9.58. The molecule has 7 rings (SSSR count). The molecule has 6 aliphatic rings. The number of rotatable bonds is 5. The van der Waals surface area contributed by atoms with E-state index in [4.69, 9.17) is 14.7 Å². The highest BCUT2D eigenvalue weighted by Gasteiger charge is 2.67. The molecule has 1 spiro atoms. The van der Waals surface area contributed by atoms with Crippen LogP contribution >= 0.6 is 0 Å². The monoisotopic (exact) mass is 514 g/mol. The molecule has 0 N–H and O–H groups in total. The maximum absolute atomic E-state index is 5.94. The van der Waals surface area contributed by atoms with E-state index < -0.39 is 0 Å². The van der Waals surface area contributed by atoms with E-state index in [0.29, 0.717) is 41.7 Å². The van der Waals surface area contributed by atoms with E-state index in [9.17, 15) is 0 Å². The molecule has 3 heterocycles. The van der Waals surface area contributed by atoms with Crippen LogP contribution in [-0.4, -0.2) is 53.7 Å². The topological polar surface area (TPSA) is 41.5 Å². The fraction of sp³-hybridized carbons (Fsp3) is 0.697. The fourth-order valence-electron chi connectivity index (χ4n) is 9.58. The van der Waals surface area contributed by atoms with Crippen LogP contribution in [0.5, 0.6) is 0 Å². The minimum atomic E-state index is 0.211. The van der Waals surface area contributed by atoms with Gasteiger partial charge in [0.25, 0.3) is 0 Å². The molecule has 0 amide bonds. The summed E-state index contributed by atoms with van der Waals surface area (Å²) in [7, 11) is 1.86. The highest BCUT2D eigenvalue weighted by molar-refractivity contribution is 5.51. The van der Waals surface area contributed by atoms with Gasteiger partial charge < -0.3 is 9.64 Å². The molecule has 0 bridgehead atoms. The molecule has 2 saturated carbocycles. The van der Waals surface area contributed by atoms with Crippen LogP contribution in [0.1, 0.15) is 77.7 Å². The molecule has 0 aromatic carbocycles. The zero-order valence-corrected chi connectivity index (χ0v) is 24.1. The van der Waals surface area contributed by atoms with Crippen LogP contribution in [0, 0.1) is 35.0 Å². The molecule has 1 aromatic heterocycles. The lowest BCUT2D eigenvalue weighted by Crippen LogP contribution is -2.64. The molecule has 5 heteroatoms. The van der Waals surface area contributed by atoms with Gasteiger partial charge in [0.1, 0.15) is 0 Å². The van der Waals surface area contributed by atoms with Crippen molar-refractivity contribution >= 4 is 5.95 Å². The molecular weight excluding hydrogens is 468 g/mol. The number of nitrogens with zero attached hydrogens (tertiary/aromatic N) is 4. The molecule has 6 unspecified atom stereocenters. The van der Waals surface area contributed by atoms with Gasteiger partial charge in [0.05, 0.1) is 12.9 Å². The third-order valence-corrected chi connectivity index (χ3v) is 11.4. The van der Waals surface area contributed by atoms with Crippen molar-refractivity contribution in [1.82, 2.24) is 14.9 Å². The summed E-state index contributed by atoms with van der Waals surface area (Å²) in [4.78, 5) is 15.4. The van der Waals surface area contributed by atoms with E-state index in [2.05, 4.69) is 68.1 Å². The summed E-state index contributed by atoms with van der Waals surface area (Å²) < 4.78 is 5.94. The van der Waals surface area contributed by atoms with E-state index in [-0.39, 0.29) is 5.41 Å². The molecule has 1 aromatic rings. The average molecular weight is 515 g/mol. The smallest absolute Gasteiger partial charge is 0.225 e. The Hall–Kier alpha value is -2.14. The van der Waals surface area contributed by atoms with Gasteiger partial charge in [-0.2, -0.15) is 0 Å². The minimum absolute atomic E-state index is 0.211. The number of fused-ring (bicyclic) bond motifs is 1. The Morgan fingerprint density at radius 2 is 1.87 bits per heavy atom. The summed E-state index contributed by atoms with van der Waals surface area (Å²) in [6.07, 6.45) is 19.0. The first-order valence-corrected chi connectivity index (χ1v) is 15.4. The first-order chi connectivity index (χ1) is 18.4. The van der Waals surface area contributed by atoms with Crippen molar-refractivity contribution in [3.8, 4) is 0 Å². The number of allylic oxidation sites excluding steroid dienone is 5. The Balaban J connectivity index is 1.32. The normalized spacial score (nSPS) is 38.5. The Morgan fingerprint density at radius 1 is 1.08 bits per heavy atom. The molecule has 204 valence electrons. The molecule has 2 saturated heterocycles. The number of hydrogen-bond donors (Lipinski definition) is 0. The lowest BCUT2D eigenvalue weighted by molar-refractivity contribution is -0.0996. The second kappa shape index (κ2) is 9.21. The molecule has 7 atom stereocenters. The highest BCUT2D eigenvalue weighted by atomic mass is 16.5. The van der Waals surface area contributed by atoms with Crippen molar-refractivity contribution in [3.63, 3.8) is 0 Å². The largest absolute Gasteiger partial charge is 0.501 e. The Morgan fingerprint density at radius 3 is 2.58 bits per heavy atom. The van der Waals surface area contributed by atoms with Crippen molar-refractivity contribution in [3.05, 3.63) is 53.1 Å². The quantitative estimate of drug-likeness (QED) is 0.457. The highest BCUT2D eigenvalue weighted by Crippen LogP contribution is 2.68. The summed E-state index contributed by atoms with van der Waals surface area (Å²) in [5, 5.41) is 0. The lowest BCUT2D eigenvalue weighted by atomic mass is 9.47. The van der Waals surface area contributed by atoms with Crippen LogP contribution in [-0.2, 0) is 4.74 Å². The molecular formula is C33H46N4O. The van der Waals surface area contributed by atoms with Gasteiger partial charge in [0.15, 0.2) is 0 Å². The summed E-state index contributed by atoms with van der Waals surface area (Å²) in [5.74, 6) is 6.09. The predicted octanol–water partition coefficient (Wildman–Crippen LogP) is 6.36. The zero-order chi connectivity index (χ0) is 26.2. The van der Waals surface area contributed by atoms with Gasteiger partial charge in [-0.05, 0) is 97.3 Å². The van der Waals surface area contributed by atoms with Gasteiger partial charge >= 0.3 is 0 Å². The van der Waals surface area contributed by atoms with Crippen LogP contribution in [0.2, 0.25) is 0 Å². The lowest BCUT2D eigenvalue weighted by Gasteiger charge is -2.62. The maximum atomic E-state index is 5.94. The second-order valence-electron chi connectivity index (χ2n) is 13.7. The van der Waals surface area contributed by atoms with Crippen LogP contribution in [0.15, 0.2) is 47.5 Å². The number of hydrogen-bond acceptors (Lipinski definition) is 5. The Labute approximate surface area is 229 Å². The van der Waals surface area contributed by atoms with Crippen LogP contribution in [0.25, 0.3) is 0 Å². The van der Waals surface area contributed by atoms with Crippen molar-refractivity contribution < 1.29 is 4.74 Å². The number of likely N-dealkylation sites (tertiary alicyclic amines) is 1. The van der Waals surface area contributed by atoms with Crippen molar-refractivity contribution in [2.75, 3.05) is 31.6 Å². The van der Waals surface area contributed by atoms with Crippen LogP contribution < -0.4 is 4.90 Å². The average Bonchev–Trinajstić information content (AvgIpc) is 3.65. The van der Waals surface area contributed by atoms with Gasteiger partial charge in [0, 0.05) is 55.9 Å². The van der Waals surface area contributed by atoms with E-state index in [1.54, 1.807) is 11.1 Å². The minimum Gasteiger partial charge on any atom is -0.501 e. The van der Waals surface area contributed by atoms with Crippen molar-refractivity contribution in [2.24, 2.45) is 35.0 Å². The zero-order valence-electron chi connectivity index (χ0n) is 24.1. The van der Waals surface area contributed by atoms with Gasteiger partial charge in [-0.1, -0.05) is 32.9 Å². The van der Waals surface area contributed by atoms with E-state index in [0.717, 1.165) is 30.6 Å². The summed E-state index contributed by atoms with van der Waals surface area (Å²) in [5.41, 5.74) is 4.67. The van der Waals surface area contributed by atoms with Crippen molar-refractivity contribution in [2.45, 2.75) is 84.2 Å². The van der Waals surface area contributed by atoms with Crippen LogP contribution in [0.3, 0.4) is 0 Å². The van der Waals surface area contributed by atoms with Gasteiger partial charge in [-0.25, -0.2) is 9.97 Å². The number of methoxy groups -OCH3 is 1. The van der Waals surface area contributed by atoms with Gasteiger partial charge in [-0.15, -0.1) is 0 Å². The molecule has 4 fully saturated rings. The first kappa shape index (κ1) is 24.9. The number of ether oxygens (including phenoxy) is 1. The van der Waals surface area contributed by atoms with Gasteiger partial charge in [-0.3, -0.25) is 4.90 Å². The van der Waals surface area contributed by atoms with E-state index >= 15 is 0 Å². The summed E-state index contributed by atoms with van der Waals surface area (Å²) in [6.45, 7) is 13.2. The second-order valence-corrected chi connectivity index (χ2v) is 13.7. The van der Waals surface area contributed by atoms with E-state index in [1.807, 2.05) is 7.11 Å². The molecule has 4 aliphatic carbocycles. The third-order valence-electron chi connectivity index (χ3n) is 11.4. The van der Waals surface area contributed by atoms with Crippen molar-refractivity contribution in [1.29, 1.82) is 0 Å². The Bertz CT molecular complexity index is 1160. The SMILES string of the molecule is COC1=CC2=C(C=CC1)CC1CN(CC3CC3)C(C)C3CCC4C([C@@H](C)CN4c4ncc(C(C)C)cn4)C213. The molecule has 0 radical (unpaired) electrons. The number of anilines is 1. The summed E-state index contributed by atoms with van der Waals surface area (Å²) in [6, 6.07) is 1.14. The molecule has 5 nitrogen and oxygen atoms in total. The number of piperidine rings is 1. The van der Waals surface area contributed by atoms with Crippen LogP contribution in [0.4, 0.5) is 5.95 Å². The summed E-state index contributed by atoms with van der Waals surface area (Å²) >= 11 is 0. The van der Waals surface area contributed by atoms with E-state index in [1.165, 1.54) is 50.8 Å².